The summed E-state index contributed by atoms with van der Waals surface area (Å²) < 4.78 is 12.2. The van der Waals surface area contributed by atoms with E-state index in [-0.39, 0.29) is 13.2 Å². The molecular formula is C57H52O4. The molecule has 8 aromatic rings. The van der Waals surface area contributed by atoms with Crippen molar-refractivity contribution in [2.24, 2.45) is 0 Å². The van der Waals surface area contributed by atoms with Crippen molar-refractivity contribution in [3.8, 4) is 56.0 Å². The zero-order chi connectivity index (χ0) is 41.2. The summed E-state index contributed by atoms with van der Waals surface area (Å²) in [5.41, 5.74) is 14.9. The molecule has 2 aliphatic carbocycles. The van der Waals surface area contributed by atoms with Gasteiger partial charge in [-0.25, -0.2) is 0 Å². The average Bonchev–Trinajstić information content (AvgIpc) is 3.77. The summed E-state index contributed by atoms with van der Waals surface area (Å²) in [6, 6.07) is 58.7. The Hall–Kier alpha value is -6.20. The molecule has 0 aromatic heterocycles. The Morgan fingerprint density at radius 2 is 0.705 bits per heavy atom. The molecule has 0 radical (unpaired) electrons. The summed E-state index contributed by atoms with van der Waals surface area (Å²) in [6.07, 6.45) is 7.91. The van der Waals surface area contributed by atoms with E-state index in [1.807, 2.05) is 0 Å². The minimum atomic E-state index is -0.466. The van der Waals surface area contributed by atoms with Crippen LogP contribution in [0, 0.1) is 0 Å². The SMILES string of the molecule is OCCCCCCOc1ccc2cc(-c3ccc4c(c3)C3(c5ccccc5-4)c4ccccc4-c4ccc(-c5ccc6cc(OCCCCCCO)ccc6c5)cc43)ccc2c1. The van der Waals surface area contributed by atoms with Gasteiger partial charge in [-0.3, -0.25) is 0 Å². The second-order valence-electron chi connectivity index (χ2n) is 16.8. The van der Waals surface area contributed by atoms with Crippen LogP contribution in [0.2, 0.25) is 0 Å². The number of unbranched alkanes of at least 4 members (excludes halogenated alkanes) is 6. The second-order valence-corrected chi connectivity index (χ2v) is 16.8. The Morgan fingerprint density at radius 1 is 0.328 bits per heavy atom. The van der Waals surface area contributed by atoms with Crippen molar-refractivity contribution >= 4 is 21.5 Å². The zero-order valence-electron chi connectivity index (χ0n) is 34.7. The van der Waals surface area contributed by atoms with Crippen LogP contribution in [-0.4, -0.2) is 36.6 Å². The van der Waals surface area contributed by atoms with Gasteiger partial charge >= 0.3 is 0 Å². The standard InChI is InChI=1S/C57H52O4/c58-29-9-1-3-11-31-60-47-25-21-41-33-39(17-19-43(41)35-47)45-23-27-51-49-13-5-7-15-53(49)57(55(51)37-45)54-16-8-6-14-50(54)52-28-24-46(38-56(52)57)40-18-20-44-36-48(26-22-42(44)34-40)61-32-12-4-2-10-30-59/h5-8,13-28,33-38,58-59H,1-4,9-12,29-32H2. The average molecular weight is 801 g/mol. The van der Waals surface area contributed by atoms with Crippen LogP contribution in [-0.2, 0) is 5.41 Å². The number of aliphatic hydroxyl groups excluding tert-OH is 2. The van der Waals surface area contributed by atoms with E-state index in [0.29, 0.717) is 13.2 Å². The fourth-order valence-corrected chi connectivity index (χ4v) is 10.00. The highest BCUT2D eigenvalue weighted by Crippen LogP contribution is 2.63. The van der Waals surface area contributed by atoms with E-state index >= 15 is 0 Å². The van der Waals surface area contributed by atoms with Gasteiger partial charge in [-0.05, 0) is 175 Å². The Balaban J connectivity index is 1.01. The van der Waals surface area contributed by atoms with Crippen molar-refractivity contribution in [2.45, 2.75) is 56.8 Å². The van der Waals surface area contributed by atoms with Gasteiger partial charge in [-0.15, -0.1) is 0 Å². The lowest BCUT2D eigenvalue weighted by Gasteiger charge is -2.31. The maximum Gasteiger partial charge on any atom is 0.119 e. The zero-order valence-corrected chi connectivity index (χ0v) is 34.7. The van der Waals surface area contributed by atoms with Crippen LogP contribution in [0.3, 0.4) is 0 Å². The first-order chi connectivity index (χ1) is 30.1. The first-order valence-electron chi connectivity index (χ1n) is 22.2. The van der Waals surface area contributed by atoms with E-state index in [2.05, 4.69) is 158 Å². The number of hydrogen-bond donors (Lipinski definition) is 2. The smallest absolute Gasteiger partial charge is 0.119 e. The van der Waals surface area contributed by atoms with E-state index in [9.17, 15) is 0 Å². The summed E-state index contributed by atoms with van der Waals surface area (Å²) in [5, 5.41) is 22.8. The minimum Gasteiger partial charge on any atom is -0.494 e. The molecule has 0 bridgehead atoms. The van der Waals surface area contributed by atoms with Gasteiger partial charge in [0.15, 0.2) is 0 Å². The predicted molar refractivity (Wildman–Crippen MR) is 251 cm³/mol. The number of rotatable bonds is 16. The molecule has 2 aliphatic rings. The molecule has 0 saturated heterocycles. The lowest BCUT2D eigenvalue weighted by Crippen LogP contribution is -2.26. The molecule has 61 heavy (non-hydrogen) atoms. The minimum absolute atomic E-state index is 0.261. The van der Waals surface area contributed by atoms with E-state index in [1.165, 1.54) is 88.3 Å². The highest BCUT2D eigenvalue weighted by Gasteiger charge is 2.51. The molecule has 4 nitrogen and oxygen atoms in total. The molecule has 10 rings (SSSR count). The molecule has 304 valence electrons. The fraction of sp³-hybridized carbons (Fsp3) is 0.228. The van der Waals surface area contributed by atoms with E-state index < -0.39 is 5.41 Å². The number of ether oxygens (including phenoxy) is 2. The van der Waals surface area contributed by atoms with Crippen LogP contribution in [0.15, 0.2) is 158 Å². The maximum atomic E-state index is 9.06. The van der Waals surface area contributed by atoms with Crippen molar-refractivity contribution in [1.82, 2.24) is 0 Å². The molecule has 0 saturated carbocycles. The number of benzene rings is 8. The Labute approximate surface area is 359 Å². The Bertz CT molecular complexity index is 2680. The van der Waals surface area contributed by atoms with E-state index in [0.717, 1.165) is 62.9 Å². The van der Waals surface area contributed by atoms with Crippen LogP contribution in [0.1, 0.15) is 73.6 Å². The van der Waals surface area contributed by atoms with Gasteiger partial charge in [0, 0.05) is 13.2 Å². The van der Waals surface area contributed by atoms with Crippen molar-refractivity contribution in [3.05, 3.63) is 180 Å². The molecule has 2 N–H and O–H groups in total. The van der Waals surface area contributed by atoms with Crippen LogP contribution < -0.4 is 9.47 Å². The molecule has 0 atom stereocenters. The van der Waals surface area contributed by atoms with Gasteiger partial charge < -0.3 is 19.7 Å². The third kappa shape index (κ3) is 7.18. The molecule has 4 heteroatoms. The molecule has 8 aromatic carbocycles. The lowest BCUT2D eigenvalue weighted by atomic mass is 9.70. The number of aliphatic hydroxyl groups is 2. The van der Waals surface area contributed by atoms with Gasteiger partial charge in [0.1, 0.15) is 11.5 Å². The quantitative estimate of drug-likeness (QED) is 0.0956. The summed E-state index contributed by atoms with van der Waals surface area (Å²) >= 11 is 0. The van der Waals surface area contributed by atoms with Crippen molar-refractivity contribution in [3.63, 3.8) is 0 Å². The normalized spacial score (nSPS) is 13.0. The Morgan fingerprint density at radius 3 is 1.18 bits per heavy atom. The summed E-state index contributed by atoms with van der Waals surface area (Å²) in [6.45, 7) is 1.90. The molecule has 0 amide bonds. The van der Waals surface area contributed by atoms with Gasteiger partial charge in [0.05, 0.1) is 18.6 Å². The van der Waals surface area contributed by atoms with Crippen molar-refractivity contribution in [1.29, 1.82) is 0 Å². The summed E-state index contributed by atoms with van der Waals surface area (Å²) in [7, 11) is 0. The number of fused-ring (bicyclic) bond motifs is 12. The van der Waals surface area contributed by atoms with Crippen LogP contribution in [0.4, 0.5) is 0 Å². The second kappa shape index (κ2) is 17.0. The molecule has 0 unspecified atom stereocenters. The lowest BCUT2D eigenvalue weighted by molar-refractivity contribution is 0.273. The highest BCUT2D eigenvalue weighted by atomic mass is 16.5. The molecular weight excluding hydrogens is 749 g/mol. The maximum absolute atomic E-state index is 9.06. The van der Waals surface area contributed by atoms with Crippen molar-refractivity contribution < 1.29 is 19.7 Å². The first-order valence-corrected chi connectivity index (χ1v) is 22.2. The fourth-order valence-electron chi connectivity index (χ4n) is 10.00. The number of hydrogen-bond acceptors (Lipinski definition) is 4. The van der Waals surface area contributed by atoms with E-state index in [1.54, 1.807) is 0 Å². The third-order valence-electron chi connectivity index (χ3n) is 13.0. The van der Waals surface area contributed by atoms with Gasteiger partial charge in [-0.2, -0.15) is 0 Å². The molecule has 0 fully saturated rings. The van der Waals surface area contributed by atoms with Gasteiger partial charge in [0.2, 0.25) is 0 Å². The van der Waals surface area contributed by atoms with Gasteiger partial charge in [0.25, 0.3) is 0 Å². The summed E-state index contributed by atoms with van der Waals surface area (Å²) in [4.78, 5) is 0. The predicted octanol–water partition coefficient (Wildman–Crippen LogP) is 13.5. The topological polar surface area (TPSA) is 58.9 Å². The summed E-state index contributed by atoms with van der Waals surface area (Å²) in [5.74, 6) is 1.80. The Kier molecular flexibility index (Phi) is 10.9. The van der Waals surface area contributed by atoms with E-state index in [4.69, 9.17) is 19.7 Å². The van der Waals surface area contributed by atoms with Gasteiger partial charge in [-0.1, -0.05) is 122 Å². The van der Waals surface area contributed by atoms with Crippen LogP contribution >= 0.6 is 0 Å². The third-order valence-corrected chi connectivity index (χ3v) is 13.0. The van der Waals surface area contributed by atoms with Crippen LogP contribution in [0.5, 0.6) is 11.5 Å². The monoisotopic (exact) mass is 800 g/mol. The largest absolute Gasteiger partial charge is 0.494 e. The molecule has 0 heterocycles. The molecule has 0 aliphatic heterocycles. The van der Waals surface area contributed by atoms with Crippen LogP contribution in [0.25, 0.3) is 66.1 Å². The first kappa shape index (κ1) is 39.0. The van der Waals surface area contributed by atoms with Crippen molar-refractivity contribution in [2.75, 3.05) is 26.4 Å². The highest BCUT2D eigenvalue weighted by molar-refractivity contribution is 5.98. The molecule has 1 spiro atoms.